The Balaban J connectivity index is 3.19. The molecule has 0 saturated heterocycles. The molecule has 1 nitrogen and oxygen atoms in total. The molecule has 1 aromatic rings. The van der Waals surface area contributed by atoms with Crippen LogP contribution in [0.1, 0.15) is 48.7 Å². The molecule has 0 aromatic heterocycles. The Morgan fingerprint density at radius 1 is 1.22 bits per heavy atom. The van der Waals surface area contributed by atoms with Crippen molar-refractivity contribution in [1.82, 2.24) is 0 Å². The van der Waals surface area contributed by atoms with Crippen LogP contribution >= 0.6 is 0 Å². The molecule has 0 unspecified atom stereocenters. The van der Waals surface area contributed by atoms with Crippen LogP contribution in [0.3, 0.4) is 0 Å². The molecule has 0 bridgehead atoms. The summed E-state index contributed by atoms with van der Waals surface area (Å²) in [6, 6.07) is 3.27. The van der Waals surface area contributed by atoms with Crippen molar-refractivity contribution in [2.75, 3.05) is 0 Å². The van der Waals surface area contributed by atoms with Crippen LogP contribution in [-0.4, -0.2) is 5.78 Å². The first kappa shape index (κ1) is 14.7. The third-order valence-corrected chi connectivity index (χ3v) is 3.30. The van der Waals surface area contributed by atoms with Crippen molar-refractivity contribution in [2.45, 2.75) is 40.3 Å². The molecule has 0 saturated carbocycles. The Hall–Kier alpha value is -1.32. The van der Waals surface area contributed by atoms with Gasteiger partial charge in [-0.25, -0.2) is 0 Å². The van der Waals surface area contributed by atoms with E-state index in [0.717, 1.165) is 12.1 Å². The Kier molecular flexibility index (Phi) is 3.89. The summed E-state index contributed by atoms with van der Waals surface area (Å²) in [6.45, 7) is 7.02. The molecule has 0 spiro atoms. The fraction of sp³-hybridized carbons (Fsp3) is 0.500. The highest BCUT2D eigenvalue weighted by Gasteiger charge is 2.32. The summed E-state index contributed by atoms with van der Waals surface area (Å²) in [7, 11) is 0. The number of benzene rings is 1. The summed E-state index contributed by atoms with van der Waals surface area (Å²) in [6.07, 6.45) is -3.72. The van der Waals surface area contributed by atoms with E-state index in [-0.39, 0.29) is 5.78 Å². The molecule has 1 rings (SSSR count). The van der Waals surface area contributed by atoms with E-state index in [9.17, 15) is 18.0 Å². The average Bonchev–Trinajstić information content (AvgIpc) is 2.26. The average molecular weight is 258 g/mol. The van der Waals surface area contributed by atoms with Crippen molar-refractivity contribution in [1.29, 1.82) is 0 Å². The molecule has 0 heterocycles. The molecule has 0 atom stereocenters. The highest BCUT2D eigenvalue weighted by molar-refractivity contribution is 6.01. The number of carbonyl (C=O) groups is 1. The van der Waals surface area contributed by atoms with E-state index in [1.165, 1.54) is 13.0 Å². The number of Topliss-reactive ketones (excluding diaryl/α,β-unsaturated/α-hetero) is 1. The number of alkyl halides is 3. The maximum atomic E-state index is 12.5. The van der Waals surface area contributed by atoms with Gasteiger partial charge in [0.15, 0.2) is 5.78 Å². The fourth-order valence-electron chi connectivity index (χ4n) is 1.62. The van der Waals surface area contributed by atoms with Gasteiger partial charge in [0.1, 0.15) is 0 Å². The highest BCUT2D eigenvalue weighted by Crippen LogP contribution is 2.32. The van der Waals surface area contributed by atoms with Gasteiger partial charge in [-0.1, -0.05) is 26.8 Å². The number of aryl methyl sites for hydroxylation is 1. The molecule has 0 amide bonds. The van der Waals surface area contributed by atoms with Crippen molar-refractivity contribution in [3.05, 3.63) is 34.9 Å². The van der Waals surface area contributed by atoms with Crippen molar-refractivity contribution in [2.24, 2.45) is 5.41 Å². The zero-order chi connectivity index (χ0) is 14.1. The van der Waals surface area contributed by atoms with Gasteiger partial charge in [-0.15, -0.1) is 0 Å². The summed E-state index contributed by atoms with van der Waals surface area (Å²) in [4.78, 5) is 12.2. The SMILES string of the molecule is CCC(C)(C)C(=O)c1ccc(C(F)(F)F)cc1C. The molecule has 0 fully saturated rings. The van der Waals surface area contributed by atoms with Crippen LogP contribution in [0.4, 0.5) is 13.2 Å². The van der Waals surface area contributed by atoms with Gasteiger partial charge in [-0.05, 0) is 31.0 Å². The van der Waals surface area contributed by atoms with Crippen molar-refractivity contribution in [3.8, 4) is 0 Å². The summed E-state index contributed by atoms with van der Waals surface area (Å²) >= 11 is 0. The van der Waals surface area contributed by atoms with Crippen LogP contribution in [0, 0.1) is 12.3 Å². The van der Waals surface area contributed by atoms with Crippen LogP contribution < -0.4 is 0 Å². The largest absolute Gasteiger partial charge is 0.416 e. The van der Waals surface area contributed by atoms with Crippen LogP contribution in [0.2, 0.25) is 0 Å². The van der Waals surface area contributed by atoms with Crippen LogP contribution in [0.5, 0.6) is 0 Å². The molecular weight excluding hydrogens is 241 g/mol. The first-order chi connectivity index (χ1) is 8.09. The standard InChI is InChI=1S/C14H17F3O/c1-5-13(3,4)12(18)11-7-6-10(8-9(11)2)14(15,16)17/h6-8H,5H2,1-4H3. The monoisotopic (exact) mass is 258 g/mol. The van der Waals surface area contributed by atoms with Crippen molar-refractivity contribution < 1.29 is 18.0 Å². The smallest absolute Gasteiger partial charge is 0.294 e. The minimum absolute atomic E-state index is 0.115. The number of carbonyl (C=O) groups excluding carboxylic acids is 1. The van der Waals surface area contributed by atoms with E-state index in [1.807, 2.05) is 6.92 Å². The third kappa shape index (κ3) is 2.92. The molecule has 0 aliphatic carbocycles. The normalized spacial score (nSPS) is 12.6. The Bertz CT molecular complexity index is 459. The number of halogens is 3. The molecule has 1 aromatic carbocycles. The quantitative estimate of drug-likeness (QED) is 0.722. The lowest BCUT2D eigenvalue weighted by molar-refractivity contribution is -0.137. The third-order valence-electron chi connectivity index (χ3n) is 3.30. The van der Waals surface area contributed by atoms with E-state index in [4.69, 9.17) is 0 Å². The fourth-order valence-corrected chi connectivity index (χ4v) is 1.62. The van der Waals surface area contributed by atoms with Gasteiger partial charge >= 0.3 is 6.18 Å². The number of hydrogen-bond donors (Lipinski definition) is 0. The van der Waals surface area contributed by atoms with E-state index in [2.05, 4.69) is 0 Å². The molecular formula is C14H17F3O. The first-order valence-corrected chi connectivity index (χ1v) is 5.82. The molecule has 0 N–H and O–H groups in total. The van der Waals surface area contributed by atoms with Gasteiger partial charge < -0.3 is 0 Å². The van der Waals surface area contributed by atoms with E-state index < -0.39 is 17.2 Å². The molecule has 100 valence electrons. The van der Waals surface area contributed by atoms with Gasteiger partial charge in [0.25, 0.3) is 0 Å². The minimum atomic E-state index is -4.37. The molecule has 0 radical (unpaired) electrons. The maximum Gasteiger partial charge on any atom is 0.416 e. The minimum Gasteiger partial charge on any atom is -0.294 e. The second kappa shape index (κ2) is 4.75. The van der Waals surface area contributed by atoms with Gasteiger partial charge in [0.2, 0.25) is 0 Å². The summed E-state index contributed by atoms with van der Waals surface area (Å²) in [5.74, 6) is -0.115. The second-order valence-electron chi connectivity index (χ2n) is 5.09. The zero-order valence-corrected chi connectivity index (χ0v) is 11.0. The lowest BCUT2D eigenvalue weighted by Crippen LogP contribution is -2.24. The lowest BCUT2D eigenvalue weighted by Gasteiger charge is -2.22. The highest BCUT2D eigenvalue weighted by atomic mass is 19.4. The molecule has 0 aliphatic heterocycles. The van der Waals surface area contributed by atoms with Gasteiger partial charge in [0, 0.05) is 11.0 Å². The maximum absolute atomic E-state index is 12.5. The summed E-state index contributed by atoms with van der Waals surface area (Å²) < 4.78 is 37.5. The summed E-state index contributed by atoms with van der Waals surface area (Å²) in [5.41, 5.74) is -0.526. The second-order valence-corrected chi connectivity index (χ2v) is 5.09. The molecule has 4 heteroatoms. The van der Waals surface area contributed by atoms with E-state index in [1.54, 1.807) is 13.8 Å². The van der Waals surface area contributed by atoms with Crippen molar-refractivity contribution >= 4 is 5.78 Å². The van der Waals surface area contributed by atoms with E-state index >= 15 is 0 Å². The predicted molar refractivity (Wildman–Crippen MR) is 64.6 cm³/mol. The Morgan fingerprint density at radius 3 is 2.17 bits per heavy atom. The topological polar surface area (TPSA) is 17.1 Å². The van der Waals surface area contributed by atoms with Gasteiger partial charge in [-0.2, -0.15) is 13.2 Å². The van der Waals surface area contributed by atoms with Gasteiger partial charge in [0.05, 0.1) is 5.56 Å². The number of hydrogen-bond acceptors (Lipinski definition) is 1. The lowest BCUT2D eigenvalue weighted by atomic mass is 9.80. The number of ketones is 1. The molecule has 0 aliphatic rings. The zero-order valence-electron chi connectivity index (χ0n) is 11.0. The van der Waals surface area contributed by atoms with Crippen molar-refractivity contribution in [3.63, 3.8) is 0 Å². The Labute approximate surface area is 105 Å². The van der Waals surface area contributed by atoms with Crippen LogP contribution in [-0.2, 0) is 6.18 Å². The summed E-state index contributed by atoms with van der Waals surface area (Å²) in [5, 5.41) is 0. The number of rotatable bonds is 3. The molecule has 18 heavy (non-hydrogen) atoms. The van der Waals surface area contributed by atoms with Crippen LogP contribution in [0.15, 0.2) is 18.2 Å². The van der Waals surface area contributed by atoms with Gasteiger partial charge in [-0.3, -0.25) is 4.79 Å². The first-order valence-electron chi connectivity index (χ1n) is 5.82. The van der Waals surface area contributed by atoms with Crippen LogP contribution in [0.25, 0.3) is 0 Å². The van der Waals surface area contributed by atoms with E-state index in [0.29, 0.717) is 17.5 Å². The predicted octanol–water partition coefficient (Wildman–Crippen LogP) is 4.63. The Morgan fingerprint density at radius 2 is 1.78 bits per heavy atom.